The largest absolute Gasteiger partial charge is 0.554 e. The van der Waals surface area contributed by atoms with E-state index in [0.29, 0.717) is 0 Å². The normalized spacial score (nSPS) is 9.77. The van der Waals surface area contributed by atoms with Crippen molar-refractivity contribution in [2.75, 3.05) is 21.1 Å². The minimum atomic E-state index is -0.500. The van der Waals surface area contributed by atoms with Crippen LogP contribution in [0.3, 0.4) is 0 Å². The van der Waals surface area contributed by atoms with E-state index in [0.717, 1.165) is 4.48 Å². The Bertz CT molecular complexity index is 239. The summed E-state index contributed by atoms with van der Waals surface area (Å²) in [5.41, 5.74) is 1.34. The molecule has 0 heterocycles. The molecule has 72 valence electrons. The van der Waals surface area contributed by atoms with Crippen molar-refractivity contribution >= 4 is 12.2 Å². The molecule has 0 aliphatic heterocycles. The molecule has 0 atom stereocenters. The Morgan fingerprint density at radius 1 is 1.15 bits per heavy atom. The van der Waals surface area contributed by atoms with E-state index in [-0.39, 0.29) is 0 Å². The smallest absolute Gasteiger partial charge is 0.132 e. The molecule has 0 fully saturated rings. The topological polar surface area (TPSA) is 40.1 Å². The first-order valence-corrected chi connectivity index (χ1v) is 3.95. The van der Waals surface area contributed by atoms with E-state index in [4.69, 9.17) is 9.90 Å². The number of benzene rings is 1. The third-order valence-electron chi connectivity index (χ3n) is 1.53. The third kappa shape index (κ3) is 4.98. The van der Waals surface area contributed by atoms with Crippen LogP contribution in [0, 0.1) is 0 Å². The van der Waals surface area contributed by atoms with Gasteiger partial charge in [-0.15, -0.1) is 0 Å². The maximum atomic E-state index is 8.25. The number of carboxylic acid groups (broad SMARTS) is 1. The van der Waals surface area contributed by atoms with Crippen LogP contribution in [-0.4, -0.2) is 27.6 Å². The second kappa shape index (κ2) is 5.32. The summed E-state index contributed by atoms with van der Waals surface area (Å²) >= 11 is 0. The zero-order valence-corrected chi connectivity index (χ0v) is 8.23. The van der Waals surface area contributed by atoms with Gasteiger partial charge in [0.15, 0.2) is 0 Å². The number of quaternary nitrogens is 1. The van der Waals surface area contributed by atoms with E-state index in [1.54, 1.807) is 0 Å². The lowest BCUT2D eigenvalue weighted by Gasteiger charge is -2.22. The van der Waals surface area contributed by atoms with Gasteiger partial charge in [0.1, 0.15) is 5.69 Å². The van der Waals surface area contributed by atoms with Gasteiger partial charge in [-0.05, 0) is 12.1 Å². The van der Waals surface area contributed by atoms with Gasteiger partial charge in [-0.25, -0.2) is 0 Å². The van der Waals surface area contributed by atoms with Gasteiger partial charge in [-0.2, -0.15) is 0 Å². The van der Waals surface area contributed by atoms with E-state index in [9.17, 15) is 0 Å². The molecule has 0 bridgehead atoms. The van der Waals surface area contributed by atoms with Crippen molar-refractivity contribution in [3.05, 3.63) is 30.3 Å². The van der Waals surface area contributed by atoms with Crippen LogP contribution in [0.15, 0.2) is 30.3 Å². The van der Waals surface area contributed by atoms with E-state index in [1.165, 1.54) is 5.69 Å². The highest BCUT2D eigenvalue weighted by atomic mass is 16.3. The number of para-hydroxylation sites is 1. The van der Waals surface area contributed by atoms with Crippen molar-refractivity contribution < 1.29 is 9.90 Å². The fraction of sp³-hybridized carbons (Fsp3) is 0.300. The second-order valence-corrected chi connectivity index (χ2v) is 3.44. The molecule has 0 aliphatic carbocycles. The fourth-order valence-corrected chi connectivity index (χ4v) is 0.875. The van der Waals surface area contributed by atoms with Gasteiger partial charge in [-0.3, -0.25) is 4.48 Å². The van der Waals surface area contributed by atoms with Gasteiger partial charge in [-0.1, -0.05) is 18.2 Å². The van der Waals surface area contributed by atoms with Crippen LogP contribution in [0.1, 0.15) is 0 Å². The fourth-order valence-electron chi connectivity index (χ4n) is 0.875. The second-order valence-electron chi connectivity index (χ2n) is 3.44. The average molecular weight is 181 g/mol. The Balaban J connectivity index is 0.000000424. The van der Waals surface area contributed by atoms with Gasteiger partial charge in [0, 0.05) is 6.47 Å². The zero-order chi connectivity index (χ0) is 10.3. The van der Waals surface area contributed by atoms with Crippen molar-refractivity contribution in [1.29, 1.82) is 0 Å². The van der Waals surface area contributed by atoms with Crippen LogP contribution in [0.4, 0.5) is 5.69 Å². The third-order valence-corrected chi connectivity index (χ3v) is 1.53. The molecule has 0 amide bonds. The summed E-state index contributed by atoms with van der Waals surface area (Å²) in [6.45, 7) is -0.500. The van der Waals surface area contributed by atoms with Crippen LogP contribution < -0.4 is 9.59 Å². The summed E-state index contributed by atoms with van der Waals surface area (Å²) in [5.74, 6) is 0. The van der Waals surface area contributed by atoms with E-state index in [1.807, 2.05) is 6.07 Å². The van der Waals surface area contributed by atoms with Crippen molar-refractivity contribution in [3.63, 3.8) is 0 Å². The molecule has 0 spiro atoms. The Labute approximate surface area is 78.8 Å². The number of hydrogen-bond donors (Lipinski definition) is 0. The molecule has 0 N–H and O–H groups in total. The van der Waals surface area contributed by atoms with Gasteiger partial charge in [0.25, 0.3) is 0 Å². The first-order valence-electron chi connectivity index (χ1n) is 3.95. The summed E-state index contributed by atoms with van der Waals surface area (Å²) in [5, 5.41) is 8.25. The minimum absolute atomic E-state index is 0.500. The summed E-state index contributed by atoms with van der Waals surface area (Å²) in [6.07, 6.45) is 0. The molecule has 0 saturated carbocycles. The van der Waals surface area contributed by atoms with Gasteiger partial charge in [0.05, 0.1) is 21.1 Å². The van der Waals surface area contributed by atoms with Crippen molar-refractivity contribution in [1.82, 2.24) is 4.48 Å². The lowest BCUT2D eigenvalue weighted by Crippen LogP contribution is -2.34. The molecular formula is C10H15NO2. The summed E-state index contributed by atoms with van der Waals surface area (Å²) in [4.78, 5) is 8.25. The molecular weight excluding hydrogens is 166 g/mol. The number of nitrogens with zero attached hydrogens (tertiary/aromatic N) is 1. The number of carbonyl (C=O) groups excluding carboxylic acids is 1. The lowest BCUT2D eigenvalue weighted by molar-refractivity contribution is -0.283. The minimum Gasteiger partial charge on any atom is -0.554 e. The Morgan fingerprint density at radius 3 is 1.77 bits per heavy atom. The maximum Gasteiger partial charge on any atom is 0.132 e. The average Bonchev–Trinajstić information content (AvgIpc) is 2.06. The summed E-state index contributed by atoms with van der Waals surface area (Å²) < 4.78 is 0.890. The van der Waals surface area contributed by atoms with Crippen molar-refractivity contribution in [3.8, 4) is 0 Å². The van der Waals surface area contributed by atoms with Gasteiger partial charge in [0.2, 0.25) is 0 Å². The quantitative estimate of drug-likeness (QED) is 0.460. The van der Waals surface area contributed by atoms with E-state index in [2.05, 4.69) is 45.4 Å². The van der Waals surface area contributed by atoms with Crippen molar-refractivity contribution in [2.45, 2.75) is 0 Å². The predicted octanol–water partition coefficient (Wildman–Crippen LogP) is 0.249. The van der Waals surface area contributed by atoms with E-state index < -0.39 is 6.47 Å². The van der Waals surface area contributed by atoms with Crippen LogP contribution in [0.2, 0.25) is 0 Å². The molecule has 1 aromatic rings. The maximum absolute atomic E-state index is 8.25. The van der Waals surface area contributed by atoms with Gasteiger partial charge >= 0.3 is 0 Å². The van der Waals surface area contributed by atoms with Crippen LogP contribution in [0.25, 0.3) is 0 Å². The lowest BCUT2D eigenvalue weighted by atomic mass is 10.3. The van der Waals surface area contributed by atoms with Crippen LogP contribution in [-0.2, 0) is 4.79 Å². The highest BCUT2D eigenvalue weighted by molar-refractivity contribution is 5.40. The predicted molar refractivity (Wildman–Crippen MR) is 52.1 cm³/mol. The van der Waals surface area contributed by atoms with E-state index >= 15 is 0 Å². The Hall–Kier alpha value is -1.35. The Morgan fingerprint density at radius 2 is 1.54 bits per heavy atom. The zero-order valence-electron chi connectivity index (χ0n) is 8.23. The highest BCUT2D eigenvalue weighted by Gasteiger charge is 2.08. The SMILES string of the molecule is C[N+](C)(C)c1ccccc1.O=C[O-]. The summed E-state index contributed by atoms with van der Waals surface area (Å²) in [6, 6.07) is 10.5. The highest BCUT2D eigenvalue weighted by Crippen LogP contribution is 2.14. The molecule has 1 rings (SSSR count). The van der Waals surface area contributed by atoms with Gasteiger partial charge < -0.3 is 9.90 Å². The first kappa shape index (κ1) is 11.6. The number of carbonyl (C=O) groups is 1. The Kier molecular flexibility index (Phi) is 4.77. The molecule has 0 unspecified atom stereocenters. The number of hydrogen-bond acceptors (Lipinski definition) is 2. The molecule has 3 nitrogen and oxygen atoms in total. The van der Waals surface area contributed by atoms with Crippen molar-refractivity contribution in [2.24, 2.45) is 0 Å². The van der Waals surface area contributed by atoms with Crippen LogP contribution >= 0.6 is 0 Å². The number of rotatable bonds is 1. The monoisotopic (exact) mass is 181 g/mol. The molecule has 0 aromatic heterocycles. The molecule has 1 aromatic carbocycles. The molecule has 0 radical (unpaired) electrons. The van der Waals surface area contributed by atoms with Crippen LogP contribution in [0.5, 0.6) is 0 Å². The first-order chi connectivity index (χ1) is 6.02. The molecule has 13 heavy (non-hydrogen) atoms. The summed E-state index contributed by atoms with van der Waals surface area (Å²) in [7, 11) is 6.49. The molecule has 0 saturated heterocycles. The standard InChI is InChI=1S/C9H14N.CH2O2/c1-10(2,3)9-7-5-4-6-8-9;2-1-3/h4-8H,1-3H3;1H,(H,2,3)/q+1;/p-1. The molecule has 3 heteroatoms. The molecule has 0 aliphatic rings.